The van der Waals surface area contributed by atoms with Crippen LogP contribution in [-0.2, 0) is 9.53 Å². The van der Waals surface area contributed by atoms with Crippen molar-refractivity contribution in [3.63, 3.8) is 0 Å². The third-order valence-electron chi connectivity index (χ3n) is 2.25. The summed E-state index contributed by atoms with van der Waals surface area (Å²) in [6, 6.07) is 1.80. The van der Waals surface area contributed by atoms with Gasteiger partial charge in [-0.15, -0.1) is 6.58 Å². The van der Waals surface area contributed by atoms with Gasteiger partial charge in [0.2, 0.25) is 0 Å². The number of nitrogens with zero attached hydrogens (tertiary/aromatic N) is 2. The molecule has 4 nitrogen and oxygen atoms in total. The second kappa shape index (κ2) is 6.92. The number of hydrogen-bond acceptors (Lipinski definition) is 4. The van der Waals surface area contributed by atoms with Gasteiger partial charge in [-0.1, -0.05) is 12.2 Å². The maximum atomic E-state index is 11.2. The van der Waals surface area contributed by atoms with Crippen LogP contribution < -0.4 is 0 Å². The summed E-state index contributed by atoms with van der Waals surface area (Å²) in [4.78, 5) is 13.2. The van der Waals surface area contributed by atoms with Gasteiger partial charge in [-0.25, -0.2) is 4.79 Å². The Hall–Kier alpha value is -2.54. The van der Waals surface area contributed by atoms with Crippen molar-refractivity contribution < 1.29 is 9.53 Å². The summed E-state index contributed by atoms with van der Waals surface area (Å²) >= 11 is 0. The normalized spacial score (nSPS) is 16.6. The Morgan fingerprint density at radius 3 is 3.00 bits per heavy atom. The van der Waals surface area contributed by atoms with E-state index in [1.54, 1.807) is 18.2 Å². The fourth-order valence-electron chi connectivity index (χ4n) is 1.38. The molecule has 0 aliphatic carbocycles. The average molecular weight is 242 g/mol. The number of allylic oxidation sites excluding steroid dienone is 5. The van der Waals surface area contributed by atoms with E-state index >= 15 is 0 Å². The van der Waals surface area contributed by atoms with Gasteiger partial charge in [0.25, 0.3) is 0 Å². The van der Waals surface area contributed by atoms with Crippen molar-refractivity contribution in [2.75, 3.05) is 13.7 Å². The van der Waals surface area contributed by atoms with Crippen LogP contribution in [0.15, 0.2) is 60.5 Å². The zero-order valence-corrected chi connectivity index (χ0v) is 10.2. The molecule has 1 rings (SSSR count). The highest BCUT2D eigenvalue weighted by atomic mass is 16.5. The van der Waals surface area contributed by atoms with Crippen LogP contribution in [0.5, 0.6) is 0 Å². The molecule has 1 heterocycles. The molecule has 0 aromatic heterocycles. The molecule has 0 N–H and O–H groups in total. The number of carbonyl (C=O) groups is 1. The molecule has 0 saturated carbocycles. The standard InChI is InChI=1S/C14H14N2O2/c1-3-9-16-10-5-4-6-13(16)8-7-12(11-15)14(17)18-2/h3-8,10H,1,9H2,2H3/b12-7+,13-8-. The summed E-state index contributed by atoms with van der Waals surface area (Å²) in [7, 11) is 1.24. The quantitative estimate of drug-likeness (QED) is 0.328. The molecule has 4 heteroatoms. The fraction of sp³-hybridized carbons (Fsp3) is 0.143. The number of rotatable bonds is 4. The summed E-state index contributed by atoms with van der Waals surface area (Å²) in [5, 5.41) is 8.82. The van der Waals surface area contributed by atoms with E-state index in [2.05, 4.69) is 11.3 Å². The average Bonchev–Trinajstić information content (AvgIpc) is 2.41. The van der Waals surface area contributed by atoms with Crippen molar-refractivity contribution in [1.29, 1.82) is 5.26 Å². The van der Waals surface area contributed by atoms with Gasteiger partial charge in [0, 0.05) is 18.4 Å². The third-order valence-corrected chi connectivity index (χ3v) is 2.25. The van der Waals surface area contributed by atoms with E-state index in [4.69, 9.17) is 5.26 Å². The Labute approximate surface area is 106 Å². The Morgan fingerprint density at radius 2 is 2.39 bits per heavy atom. The minimum atomic E-state index is -0.639. The van der Waals surface area contributed by atoms with Crippen LogP contribution in [0.25, 0.3) is 0 Å². The van der Waals surface area contributed by atoms with Crippen LogP contribution in [0.4, 0.5) is 0 Å². The molecule has 0 radical (unpaired) electrons. The third kappa shape index (κ3) is 3.49. The monoisotopic (exact) mass is 242 g/mol. The molecule has 0 aromatic carbocycles. The molecule has 0 aromatic rings. The van der Waals surface area contributed by atoms with Gasteiger partial charge in [0.05, 0.1) is 7.11 Å². The predicted octanol–water partition coefficient (Wildman–Crippen LogP) is 2.06. The minimum absolute atomic E-state index is 0.0356. The van der Waals surface area contributed by atoms with Crippen molar-refractivity contribution >= 4 is 5.97 Å². The van der Waals surface area contributed by atoms with Gasteiger partial charge in [0.1, 0.15) is 11.6 Å². The van der Waals surface area contributed by atoms with Crippen LogP contribution in [0.3, 0.4) is 0 Å². The van der Waals surface area contributed by atoms with Gasteiger partial charge in [-0.3, -0.25) is 0 Å². The Morgan fingerprint density at radius 1 is 1.61 bits per heavy atom. The van der Waals surface area contributed by atoms with Crippen molar-refractivity contribution in [2.45, 2.75) is 0 Å². The highest BCUT2D eigenvalue weighted by molar-refractivity contribution is 5.92. The highest BCUT2D eigenvalue weighted by Gasteiger charge is 2.08. The Bertz CT molecular complexity index is 490. The molecule has 0 atom stereocenters. The number of nitriles is 1. The molecule has 1 aliphatic heterocycles. The van der Waals surface area contributed by atoms with Crippen molar-refractivity contribution in [1.82, 2.24) is 4.90 Å². The zero-order chi connectivity index (χ0) is 13.4. The first-order chi connectivity index (χ1) is 8.72. The van der Waals surface area contributed by atoms with Gasteiger partial charge in [-0.05, 0) is 24.3 Å². The first-order valence-electron chi connectivity index (χ1n) is 5.35. The van der Waals surface area contributed by atoms with Crippen molar-refractivity contribution in [3.8, 4) is 6.07 Å². The van der Waals surface area contributed by atoms with Crippen molar-refractivity contribution in [3.05, 3.63) is 60.5 Å². The molecule has 0 bridgehead atoms. The van der Waals surface area contributed by atoms with Crippen LogP contribution in [0, 0.1) is 11.3 Å². The lowest BCUT2D eigenvalue weighted by Crippen LogP contribution is -2.16. The SMILES string of the molecule is C=CCN1C=CC=C/C1=C/C=C(\C#N)C(=O)OC. The van der Waals surface area contributed by atoms with E-state index in [0.717, 1.165) is 5.70 Å². The predicted molar refractivity (Wildman–Crippen MR) is 69.0 cm³/mol. The molecular weight excluding hydrogens is 228 g/mol. The summed E-state index contributed by atoms with van der Waals surface area (Å²) in [6.45, 7) is 4.33. The second-order valence-electron chi connectivity index (χ2n) is 3.42. The molecule has 92 valence electrons. The summed E-state index contributed by atoms with van der Waals surface area (Å²) in [5.74, 6) is -0.639. The summed E-state index contributed by atoms with van der Waals surface area (Å²) in [5.41, 5.74) is 0.834. The molecule has 1 aliphatic rings. The molecular formula is C14H14N2O2. The lowest BCUT2D eigenvalue weighted by molar-refractivity contribution is -0.135. The van der Waals surface area contributed by atoms with Crippen molar-refractivity contribution in [2.24, 2.45) is 0 Å². The molecule has 0 amide bonds. The lowest BCUT2D eigenvalue weighted by atomic mass is 10.2. The van der Waals surface area contributed by atoms with Gasteiger partial charge in [0.15, 0.2) is 0 Å². The maximum absolute atomic E-state index is 11.2. The molecule has 0 fully saturated rings. The molecule has 0 unspecified atom stereocenters. The Balaban J connectivity index is 2.94. The number of methoxy groups -OCH3 is 1. The fourth-order valence-corrected chi connectivity index (χ4v) is 1.38. The van der Waals surface area contributed by atoms with E-state index in [-0.39, 0.29) is 5.57 Å². The van der Waals surface area contributed by atoms with E-state index in [1.807, 2.05) is 29.3 Å². The van der Waals surface area contributed by atoms with E-state index < -0.39 is 5.97 Å². The van der Waals surface area contributed by atoms with E-state index in [9.17, 15) is 4.79 Å². The minimum Gasteiger partial charge on any atom is -0.465 e. The first-order valence-corrected chi connectivity index (χ1v) is 5.35. The number of carbonyl (C=O) groups excluding carboxylic acids is 1. The molecule has 18 heavy (non-hydrogen) atoms. The largest absolute Gasteiger partial charge is 0.465 e. The second-order valence-corrected chi connectivity index (χ2v) is 3.42. The molecule has 0 spiro atoms. The van der Waals surface area contributed by atoms with Crippen LogP contribution >= 0.6 is 0 Å². The zero-order valence-electron chi connectivity index (χ0n) is 10.2. The number of ether oxygens (including phenoxy) is 1. The number of hydrogen-bond donors (Lipinski definition) is 0. The summed E-state index contributed by atoms with van der Waals surface area (Å²) < 4.78 is 4.50. The lowest BCUT2D eigenvalue weighted by Gasteiger charge is -2.21. The van der Waals surface area contributed by atoms with E-state index in [0.29, 0.717) is 6.54 Å². The Kier molecular flexibility index (Phi) is 5.20. The summed E-state index contributed by atoms with van der Waals surface area (Å²) in [6.07, 6.45) is 12.5. The molecule has 0 saturated heterocycles. The van der Waals surface area contributed by atoms with Crippen LogP contribution in [0.1, 0.15) is 0 Å². The van der Waals surface area contributed by atoms with Gasteiger partial charge in [-0.2, -0.15) is 5.26 Å². The number of esters is 1. The van der Waals surface area contributed by atoms with Gasteiger partial charge >= 0.3 is 5.97 Å². The van der Waals surface area contributed by atoms with Crippen LogP contribution in [-0.4, -0.2) is 24.5 Å². The maximum Gasteiger partial charge on any atom is 0.348 e. The topological polar surface area (TPSA) is 53.3 Å². The van der Waals surface area contributed by atoms with Gasteiger partial charge < -0.3 is 9.64 Å². The van der Waals surface area contributed by atoms with Crippen LogP contribution in [0.2, 0.25) is 0 Å². The van der Waals surface area contributed by atoms with E-state index in [1.165, 1.54) is 13.2 Å². The highest BCUT2D eigenvalue weighted by Crippen LogP contribution is 2.13. The first kappa shape index (κ1) is 13.5. The smallest absolute Gasteiger partial charge is 0.348 e.